The van der Waals surface area contributed by atoms with Gasteiger partial charge in [-0.2, -0.15) is 13.2 Å². The highest BCUT2D eigenvalue weighted by atomic mass is 19.4. The fourth-order valence-corrected chi connectivity index (χ4v) is 0.966. The van der Waals surface area contributed by atoms with Crippen LogP contribution in [0.3, 0.4) is 0 Å². The molecule has 13 heavy (non-hydrogen) atoms. The van der Waals surface area contributed by atoms with Crippen molar-refractivity contribution < 1.29 is 13.2 Å². The van der Waals surface area contributed by atoms with E-state index in [9.17, 15) is 13.2 Å². The SMILES string of the molecule is CNc1cc(C(F)(F)F)c(C)cn1. The first kappa shape index (κ1) is 9.83. The average molecular weight is 190 g/mol. The van der Waals surface area contributed by atoms with Gasteiger partial charge in [0.2, 0.25) is 0 Å². The van der Waals surface area contributed by atoms with Gasteiger partial charge in [0.05, 0.1) is 5.56 Å². The standard InChI is InChI=1S/C8H9F3N2/c1-5-4-13-7(12-2)3-6(5)8(9,10)11/h3-4H,1-2H3,(H,12,13). The summed E-state index contributed by atoms with van der Waals surface area (Å²) in [5.74, 6) is 0.220. The Morgan fingerprint density at radius 2 is 2.00 bits per heavy atom. The van der Waals surface area contributed by atoms with Crippen LogP contribution in [0, 0.1) is 6.92 Å². The molecule has 0 amide bonds. The molecular weight excluding hydrogens is 181 g/mol. The third kappa shape index (κ3) is 2.11. The van der Waals surface area contributed by atoms with Crippen molar-refractivity contribution in [2.24, 2.45) is 0 Å². The van der Waals surface area contributed by atoms with Gasteiger partial charge < -0.3 is 5.32 Å². The normalized spacial score (nSPS) is 11.5. The van der Waals surface area contributed by atoms with E-state index in [1.807, 2.05) is 0 Å². The van der Waals surface area contributed by atoms with Gasteiger partial charge in [0.15, 0.2) is 0 Å². The first-order chi connectivity index (χ1) is 5.95. The van der Waals surface area contributed by atoms with E-state index in [0.717, 1.165) is 6.07 Å². The van der Waals surface area contributed by atoms with Crippen LogP contribution in [0.5, 0.6) is 0 Å². The molecule has 0 saturated heterocycles. The largest absolute Gasteiger partial charge is 0.416 e. The minimum atomic E-state index is -4.31. The number of nitrogens with zero attached hydrogens (tertiary/aromatic N) is 1. The van der Waals surface area contributed by atoms with Crippen molar-refractivity contribution in [2.45, 2.75) is 13.1 Å². The number of hydrogen-bond donors (Lipinski definition) is 1. The molecule has 0 aliphatic rings. The van der Waals surface area contributed by atoms with Crippen molar-refractivity contribution in [3.8, 4) is 0 Å². The fourth-order valence-electron chi connectivity index (χ4n) is 0.966. The van der Waals surface area contributed by atoms with Gasteiger partial charge in [-0.05, 0) is 18.6 Å². The second-order valence-corrected chi connectivity index (χ2v) is 2.63. The molecule has 0 radical (unpaired) electrons. The van der Waals surface area contributed by atoms with Crippen LogP contribution in [0.2, 0.25) is 0 Å². The topological polar surface area (TPSA) is 24.9 Å². The number of nitrogens with one attached hydrogen (secondary N) is 1. The lowest BCUT2D eigenvalue weighted by molar-refractivity contribution is -0.138. The Balaban J connectivity index is 3.19. The minimum absolute atomic E-state index is 0.131. The second kappa shape index (κ2) is 3.24. The molecule has 1 rings (SSSR count). The first-order valence-corrected chi connectivity index (χ1v) is 3.66. The highest BCUT2D eigenvalue weighted by molar-refractivity contribution is 5.41. The molecule has 5 heteroatoms. The van der Waals surface area contributed by atoms with E-state index in [4.69, 9.17) is 0 Å². The third-order valence-corrected chi connectivity index (χ3v) is 1.66. The molecule has 0 bridgehead atoms. The maximum absolute atomic E-state index is 12.3. The summed E-state index contributed by atoms with van der Waals surface area (Å²) in [4.78, 5) is 3.76. The molecule has 1 aromatic heterocycles. The van der Waals surface area contributed by atoms with Gasteiger partial charge in [-0.3, -0.25) is 0 Å². The van der Waals surface area contributed by atoms with E-state index in [1.165, 1.54) is 20.2 Å². The van der Waals surface area contributed by atoms with Crippen molar-refractivity contribution in [3.63, 3.8) is 0 Å². The number of pyridine rings is 1. The molecule has 0 aliphatic heterocycles. The van der Waals surface area contributed by atoms with E-state index < -0.39 is 11.7 Å². The molecule has 0 unspecified atom stereocenters. The number of aryl methyl sites for hydroxylation is 1. The van der Waals surface area contributed by atoms with Gasteiger partial charge in [0.25, 0.3) is 0 Å². The summed E-state index contributed by atoms with van der Waals surface area (Å²) < 4.78 is 36.9. The molecule has 1 N–H and O–H groups in total. The van der Waals surface area contributed by atoms with Crippen molar-refractivity contribution >= 4 is 5.82 Å². The quantitative estimate of drug-likeness (QED) is 0.735. The Morgan fingerprint density at radius 1 is 1.38 bits per heavy atom. The smallest absolute Gasteiger partial charge is 0.373 e. The van der Waals surface area contributed by atoms with Crippen molar-refractivity contribution in [1.82, 2.24) is 4.98 Å². The maximum atomic E-state index is 12.3. The number of halogens is 3. The van der Waals surface area contributed by atoms with Crippen LogP contribution in [0.25, 0.3) is 0 Å². The van der Waals surface area contributed by atoms with Crippen LogP contribution < -0.4 is 5.32 Å². The summed E-state index contributed by atoms with van der Waals surface area (Å²) in [6, 6.07) is 0.995. The highest BCUT2D eigenvalue weighted by Crippen LogP contribution is 2.32. The summed E-state index contributed by atoms with van der Waals surface area (Å²) in [5, 5.41) is 2.56. The lowest BCUT2D eigenvalue weighted by Crippen LogP contribution is -2.09. The Morgan fingerprint density at radius 3 is 2.46 bits per heavy atom. The van der Waals surface area contributed by atoms with Crippen LogP contribution in [0.4, 0.5) is 19.0 Å². The Labute approximate surface area is 73.8 Å². The maximum Gasteiger partial charge on any atom is 0.416 e. The zero-order valence-corrected chi connectivity index (χ0v) is 7.24. The second-order valence-electron chi connectivity index (χ2n) is 2.63. The summed E-state index contributed by atoms with van der Waals surface area (Å²) >= 11 is 0. The predicted molar refractivity (Wildman–Crippen MR) is 43.5 cm³/mol. The third-order valence-electron chi connectivity index (χ3n) is 1.66. The molecular formula is C8H9F3N2. The zero-order valence-electron chi connectivity index (χ0n) is 7.24. The van der Waals surface area contributed by atoms with Gasteiger partial charge >= 0.3 is 6.18 Å². The number of anilines is 1. The molecule has 0 spiro atoms. The number of hydrogen-bond acceptors (Lipinski definition) is 2. The van der Waals surface area contributed by atoms with Crippen molar-refractivity contribution in [3.05, 3.63) is 23.4 Å². The summed E-state index contributed by atoms with van der Waals surface area (Å²) in [7, 11) is 1.53. The van der Waals surface area contributed by atoms with Crippen LogP contribution >= 0.6 is 0 Å². The predicted octanol–water partition coefficient (Wildman–Crippen LogP) is 2.45. The molecule has 0 aromatic carbocycles. The van der Waals surface area contributed by atoms with Gasteiger partial charge in [0.1, 0.15) is 5.82 Å². The van der Waals surface area contributed by atoms with E-state index in [2.05, 4.69) is 10.3 Å². The van der Waals surface area contributed by atoms with Crippen LogP contribution in [0.15, 0.2) is 12.3 Å². The molecule has 0 aliphatic carbocycles. The monoisotopic (exact) mass is 190 g/mol. The molecule has 1 heterocycles. The zero-order chi connectivity index (χ0) is 10.1. The van der Waals surface area contributed by atoms with Crippen molar-refractivity contribution in [1.29, 1.82) is 0 Å². The van der Waals surface area contributed by atoms with Crippen LogP contribution in [-0.2, 0) is 6.18 Å². The lowest BCUT2D eigenvalue weighted by atomic mass is 10.1. The highest BCUT2D eigenvalue weighted by Gasteiger charge is 2.32. The summed E-state index contributed by atoms with van der Waals surface area (Å²) in [6.45, 7) is 1.38. The number of aromatic nitrogens is 1. The van der Waals surface area contributed by atoms with Gasteiger partial charge in [-0.25, -0.2) is 4.98 Å². The van der Waals surface area contributed by atoms with Crippen molar-refractivity contribution in [2.75, 3.05) is 12.4 Å². The molecule has 0 atom stereocenters. The molecule has 2 nitrogen and oxygen atoms in total. The lowest BCUT2D eigenvalue weighted by Gasteiger charge is -2.10. The number of alkyl halides is 3. The van der Waals surface area contributed by atoms with E-state index >= 15 is 0 Å². The van der Waals surface area contributed by atoms with Gasteiger partial charge in [-0.1, -0.05) is 0 Å². The van der Waals surface area contributed by atoms with Gasteiger partial charge in [0, 0.05) is 13.2 Å². The van der Waals surface area contributed by atoms with Crippen LogP contribution in [0.1, 0.15) is 11.1 Å². The summed E-state index contributed by atoms with van der Waals surface area (Å²) in [6.07, 6.45) is -3.10. The Kier molecular flexibility index (Phi) is 2.45. The van der Waals surface area contributed by atoms with E-state index in [0.29, 0.717) is 0 Å². The first-order valence-electron chi connectivity index (χ1n) is 3.66. The number of rotatable bonds is 1. The Bertz CT molecular complexity index is 307. The van der Waals surface area contributed by atoms with Crippen LogP contribution in [-0.4, -0.2) is 12.0 Å². The molecule has 1 aromatic rings. The average Bonchev–Trinajstić information content (AvgIpc) is 2.03. The Hall–Kier alpha value is -1.26. The molecule has 72 valence electrons. The van der Waals surface area contributed by atoms with E-state index in [-0.39, 0.29) is 11.4 Å². The molecule has 0 saturated carbocycles. The molecule has 0 fully saturated rings. The van der Waals surface area contributed by atoms with Gasteiger partial charge in [-0.15, -0.1) is 0 Å². The van der Waals surface area contributed by atoms with E-state index in [1.54, 1.807) is 0 Å². The minimum Gasteiger partial charge on any atom is -0.373 e. The fraction of sp³-hybridized carbons (Fsp3) is 0.375. The summed E-state index contributed by atoms with van der Waals surface area (Å²) in [5.41, 5.74) is -0.515.